The lowest BCUT2D eigenvalue weighted by Gasteiger charge is -2.09. The predicted octanol–water partition coefficient (Wildman–Crippen LogP) is 3.24. The highest BCUT2D eigenvalue weighted by Gasteiger charge is 1.99. The van der Waals surface area contributed by atoms with Gasteiger partial charge in [-0.15, -0.1) is 0 Å². The Morgan fingerprint density at radius 2 is 2.00 bits per heavy atom. The van der Waals surface area contributed by atoms with E-state index in [1.54, 1.807) is 0 Å². The average Bonchev–Trinajstić information content (AvgIpc) is 2.49. The molecular formula is C17H27NO2. The van der Waals surface area contributed by atoms with Crippen molar-refractivity contribution in [2.24, 2.45) is 0 Å². The number of ether oxygens (including phenoxy) is 1. The molecule has 0 amide bonds. The van der Waals surface area contributed by atoms with Crippen LogP contribution in [0, 0.1) is 0 Å². The third-order valence-electron chi connectivity index (χ3n) is 3.26. The summed E-state index contributed by atoms with van der Waals surface area (Å²) in [4.78, 5) is 0. The molecule has 0 aromatic heterocycles. The maximum Gasteiger partial charge on any atom is 0.119 e. The maximum absolute atomic E-state index is 9.07. The first-order valence-electron chi connectivity index (χ1n) is 7.47. The number of aliphatic hydroxyl groups is 1. The lowest BCUT2D eigenvalue weighted by atomic mass is 10.1. The van der Waals surface area contributed by atoms with Crippen molar-refractivity contribution in [3.63, 3.8) is 0 Å². The smallest absolute Gasteiger partial charge is 0.119 e. The summed E-state index contributed by atoms with van der Waals surface area (Å²) in [5.74, 6) is 0.932. The van der Waals surface area contributed by atoms with Gasteiger partial charge in [0.2, 0.25) is 0 Å². The Morgan fingerprint density at radius 1 is 1.25 bits per heavy atom. The van der Waals surface area contributed by atoms with E-state index >= 15 is 0 Å². The zero-order valence-corrected chi connectivity index (χ0v) is 12.6. The molecule has 0 aliphatic carbocycles. The monoisotopic (exact) mass is 277 g/mol. The molecule has 0 bridgehead atoms. The average molecular weight is 277 g/mol. The lowest BCUT2D eigenvalue weighted by molar-refractivity contribution is 0.250. The molecular weight excluding hydrogens is 250 g/mol. The molecule has 0 spiro atoms. The summed E-state index contributed by atoms with van der Waals surface area (Å²) in [6.07, 6.45) is 8.52. The van der Waals surface area contributed by atoms with Crippen LogP contribution in [-0.4, -0.2) is 31.4 Å². The van der Waals surface area contributed by atoms with Gasteiger partial charge in [-0.2, -0.15) is 0 Å². The van der Waals surface area contributed by atoms with Crippen LogP contribution in [0.3, 0.4) is 0 Å². The number of likely N-dealkylation sites (N-methyl/N-ethyl adjacent to an activating group) is 1. The fourth-order valence-electron chi connectivity index (χ4n) is 1.87. The number of aliphatic hydroxyl groups excluding tert-OH is 1. The van der Waals surface area contributed by atoms with Crippen LogP contribution in [0.25, 0.3) is 6.08 Å². The van der Waals surface area contributed by atoms with E-state index in [9.17, 15) is 0 Å². The highest BCUT2D eigenvalue weighted by atomic mass is 16.5. The molecule has 0 aliphatic rings. The van der Waals surface area contributed by atoms with Gasteiger partial charge in [0.15, 0.2) is 0 Å². The zero-order chi connectivity index (χ0) is 14.6. The zero-order valence-electron chi connectivity index (χ0n) is 12.6. The first-order valence-corrected chi connectivity index (χ1v) is 7.47. The van der Waals surface area contributed by atoms with Gasteiger partial charge in [0.25, 0.3) is 0 Å². The lowest BCUT2D eigenvalue weighted by Crippen LogP contribution is -2.27. The van der Waals surface area contributed by atoms with Gasteiger partial charge in [0.05, 0.1) is 13.2 Å². The summed E-state index contributed by atoms with van der Waals surface area (Å²) in [7, 11) is 1.86. The SMILES string of the molecule is CCCCCOc1ccc(/C=C/CC(CO)NC)cc1. The first-order chi connectivity index (χ1) is 9.80. The Labute approximate surface area is 122 Å². The minimum absolute atomic E-state index is 0.132. The van der Waals surface area contributed by atoms with E-state index < -0.39 is 0 Å². The number of hydrogen-bond acceptors (Lipinski definition) is 3. The Bertz CT molecular complexity index is 369. The minimum Gasteiger partial charge on any atom is -0.494 e. The largest absolute Gasteiger partial charge is 0.494 e. The van der Waals surface area contributed by atoms with Crippen LogP contribution in [-0.2, 0) is 0 Å². The second-order valence-electron chi connectivity index (χ2n) is 4.93. The van der Waals surface area contributed by atoms with Crippen molar-refractivity contribution in [2.45, 2.75) is 38.6 Å². The van der Waals surface area contributed by atoms with Gasteiger partial charge < -0.3 is 15.2 Å². The molecule has 3 heteroatoms. The van der Waals surface area contributed by atoms with Crippen molar-refractivity contribution in [1.82, 2.24) is 5.32 Å². The summed E-state index contributed by atoms with van der Waals surface area (Å²) < 4.78 is 5.67. The number of hydrogen-bond donors (Lipinski definition) is 2. The van der Waals surface area contributed by atoms with Crippen LogP contribution in [0.15, 0.2) is 30.3 Å². The summed E-state index contributed by atoms with van der Waals surface area (Å²) in [5.41, 5.74) is 1.15. The Morgan fingerprint density at radius 3 is 2.60 bits per heavy atom. The molecule has 20 heavy (non-hydrogen) atoms. The standard InChI is InChI=1S/C17H27NO2/c1-3-4-5-13-20-17-11-9-15(10-12-17)7-6-8-16(14-19)18-2/h6-7,9-12,16,18-19H,3-5,8,13-14H2,1-2H3/b7-6+. The van der Waals surface area contributed by atoms with E-state index in [2.05, 4.69) is 36.5 Å². The van der Waals surface area contributed by atoms with E-state index in [-0.39, 0.29) is 12.6 Å². The van der Waals surface area contributed by atoms with Gasteiger partial charge in [-0.05, 0) is 37.6 Å². The number of nitrogens with one attached hydrogen (secondary N) is 1. The number of benzene rings is 1. The van der Waals surface area contributed by atoms with Gasteiger partial charge in [-0.1, -0.05) is 44.1 Å². The van der Waals surface area contributed by atoms with Gasteiger partial charge >= 0.3 is 0 Å². The first kappa shape index (κ1) is 16.7. The van der Waals surface area contributed by atoms with Crippen molar-refractivity contribution < 1.29 is 9.84 Å². The molecule has 0 saturated heterocycles. The molecule has 1 aromatic rings. The topological polar surface area (TPSA) is 41.5 Å². The molecule has 0 fully saturated rings. The third-order valence-corrected chi connectivity index (χ3v) is 3.26. The second-order valence-corrected chi connectivity index (χ2v) is 4.93. The molecule has 0 saturated carbocycles. The molecule has 3 nitrogen and oxygen atoms in total. The van der Waals surface area contributed by atoms with Gasteiger partial charge in [-0.25, -0.2) is 0 Å². The summed E-state index contributed by atoms with van der Waals surface area (Å²) in [6, 6.07) is 8.26. The van der Waals surface area contributed by atoms with E-state index in [1.807, 2.05) is 19.2 Å². The molecule has 0 aliphatic heterocycles. The number of rotatable bonds is 10. The Hall–Kier alpha value is -1.32. The molecule has 1 aromatic carbocycles. The second kappa shape index (κ2) is 10.5. The van der Waals surface area contributed by atoms with Crippen LogP contribution >= 0.6 is 0 Å². The summed E-state index contributed by atoms with van der Waals surface area (Å²) in [6.45, 7) is 3.14. The van der Waals surface area contributed by atoms with Crippen molar-refractivity contribution in [3.8, 4) is 5.75 Å². The Balaban J connectivity index is 2.36. The normalized spacial score (nSPS) is 12.8. The van der Waals surface area contributed by atoms with Crippen molar-refractivity contribution in [3.05, 3.63) is 35.9 Å². The minimum atomic E-state index is 0.132. The van der Waals surface area contributed by atoms with Crippen molar-refractivity contribution >= 4 is 6.08 Å². The predicted molar refractivity (Wildman–Crippen MR) is 85.0 cm³/mol. The quantitative estimate of drug-likeness (QED) is 0.645. The van der Waals surface area contributed by atoms with Crippen LogP contribution in [0.1, 0.15) is 38.2 Å². The molecule has 0 heterocycles. The molecule has 1 atom stereocenters. The molecule has 0 radical (unpaired) electrons. The summed E-state index contributed by atoms with van der Waals surface area (Å²) >= 11 is 0. The fraction of sp³-hybridized carbons (Fsp3) is 0.529. The summed E-state index contributed by atoms with van der Waals surface area (Å²) in [5, 5.41) is 12.1. The molecule has 1 rings (SSSR count). The van der Waals surface area contributed by atoms with Crippen LogP contribution < -0.4 is 10.1 Å². The molecule has 1 unspecified atom stereocenters. The fourth-order valence-corrected chi connectivity index (χ4v) is 1.87. The third kappa shape index (κ3) is 6.73. The highest BCUT2D eigenvalue weighted by molar-refractivity contribution is 5.50. The van der Waals surface area contributed by atoms with Gasteiger partial charge in [0, 0.05) is 6.04 Å². The highest BCUT2D eigenvalue weighted by Crippen LogP contribution is 2.14. The van der Waals surface area contributed by atoms with Gasteiger partial charge in [-0.3, -0.25) is 0 Å². The van der Waals surface area contributed by atoms with E-state index in [0.29, 0.717) is 0 Å². The number of unbranched alkanes of at least 4 members (excludes halogenated alkanes) is 2. The van der Waals surface area contributed by atoms with Crippen molar-refractivity contribution in [1.29, 1.82) is 0 Å². The van der Waals surface area contributed by atoms with E-state index in [1.165, 1.54) is 12.8 Å². The molecule has 112 valence electrons. The van der Waals surface area contributed by atoms with E-state index in [0.717, 1.165) is 30.8 Å². The molecule has 2 N–H and O–H groups in total. The maximum atomic E-state index is 9.07. The van der Waals surface area contributed by atoms with Crippen molar-refractivity contribution in [2.75, 3.05) is 20.3 Å². The van der Waals surface area contributed by atoms with Crippen LogP contribution in [0.5, 0.6) is 5.75 Å². The van der Waals surface area contributed by atoms with E-state index in [4.69, 9.17) is 9.84 Å². The van der Waals surface area contributed by atoms with Crippen LogP contribution in [0.4, 0.5) is 0 Å². The van der Waals surface area contributed by atoms with Crippen LogP contribution in [0.2, 0.25) is 0 Å². The Kier molecular flexibility index (Phi) is 8.76. The van der Waals surface area contributed by atoms with Gasteiger partial charge in [0.1, 0.15) is 5.75 Å².